The van der Waals surface area contributed by atoms with Crippen LogP contribution in [0.3, 0.4) is 0 Å². The fraction of sp³-hybridized carbons (Fsp3) is 0.200. The highest BCUT2D eigenvalue weighted by atomic mass is 35.5. The van der Waals surface area contributed by atoms with Gasteiger partial charge in [-0.25, -0.2) is 8.42 Å². The largest absolute Gasteiger partial charge is 0.394 e. The number of carbonyl (C=O) groups is 2. The van der Waals surface area contributed by atoms with E-state index in [4.69, 9.17) is 34.8 Å². The first kappa shape index (κ1) is 27.2. The normalized spacial score (nSPS) is 15.6. The van der Waals surface area contributed by atoms with Crippen LogP contribution < -0.4 is 14.5 Å². The van der Waals surface area contributed by atoms with E-state index in [-0.39, 0.29) is 52.0 Å². The minimum Gasteiger partial charge on any atom is -0.394 e. The van der Waals surface area contributed by atoms with Crippen LogP contribution in [0.15, 0.2) is 71.6 Å². The summed E-state index contributed by atoms with van der Waals surface area (Å²) in [6.07, 6.45) is 0.0562. The van der Waals surface area contributed by atoms with Crippen molar-refractivity contribution in [3.63, 3.8) is 0 Å². The van der Waals surface area contributed by atoms with Gasteiger partial charge >= 0.3 is 0 Å². The van der Waals surface area contributed by atoms with Crippen molar-refractivity contribution in [3.05, 3.63) is 81.8 Å². The molecule has 194 valence electrons. The Morgan fingerprint density at radius 1 is 1.00 bits per heavy atom. The van der Waals surface area contributed by atoms with Gasteiger partial charge in [-0.05, 0) is 66.7 Å². The molecule has 37 heavy (non-hydrogen) atoms. The van der Waals surface area contributed by atoms with Crippen LogP contribution in [-0.2, 0) is 19.6 Å². The topological polar surface area (TPSA) is 107 Å². The van der Waals surface area contributed by atoms with Gasteiger partial charge in [-0.1, -0.05) is 34.8 Å². The van der Waals surface area contributed by atoms with Gasteiger partial charge in [0.05, 0.1) is 39.7 Å². The molecule has 0 aromatic heterocycles. The van der Waals surface area contributed by atoms with E-state index < -0.39 is 22.5 Å². The van der Waals surface area contributed by atoms with E-state index in [0.29, 0.717) is 16.4 Å². The van der Waals surface area contributed by atoms with Gasteiger partial charge in [0.15, 0.2) is 0 Å². The first-order chi connectivity index (χ1) is 17.6. The molecular formula is C25H22Cl3N3O5S. The fourth-order valence-electron chi connectivity index (χ4n) is 3.95. The highest BCUT2D eigenvalue weighted by molar-refractivity contribution is 7.92. The summed E-state index contributed by atoms with van der Waals surface area (Å²) in [5, 5.41) is 13.2. The van der Waals surface area contributed by atoms with Crippen molar-refractivity contribution in [2.75, 3.05) is 34.2 Å². The van der Waals surface area contributed by atoms with Crippen LogP contribution in [0.2, 0.25) is 15.1 Å². The third-order valence-corrected chi connectivity index (χ3v) is 8.67. The van der Waals surface area contributed by atoms with Gasteiger partial charge < -0.3 is 15.3 Å². The molecule has 4 rings (SSSR count). The lowest BCUT2D eigenvalue weighted by molar-refractivity contribution is -0.122. The van der Waals surface area contributed by atoms with Gasteiger partial charge in [-0.15, -0.1) is 0 Å². The lowest BCUT2D eigenvalue weighted by atomic mass is 10.1. The summed E-state index contributed by atoms with van der Waals surface area (Å²) in [7, 11) is -4.06. The van der Waals surface area contributed by atoms with Gasteiger partial charge in [0, 0.05) is 29.4 Å². The van der Waals surface area contributed by atoms with Crippen LogP contribution in [0, 0.1) is 5.92 Å². The maximum Gasteiger partial charge on any atom is 0.264 e. The SMILES string of the molecule is O=C(Nc1ccc(S(=O)(=O)N(CCO)c2ccc(Cl)c(Cl)c2)cc1)C1CC(=O)N(c2ccc(Cl)cc2)C1. The van der Waals surface area contributed by atoms with Gasteiger partial charge in [0.2, 0.25) is 11.8 Å². The van der Waals surface area contributed by atoms with Gasteiger partial charge in [-0.3, -0.25) is 13.9 Å². The number of benzene rings is 3. The minimum absolute atomic E-state index is 0.0463. The number of aliphatic hydroxyl groups excluding tert-OH is 1. The van der Waals surface area contributed by atoms with Gasteiger partial charge in [-0.2, -0.15) is 0 Å². The summed E-state index contributed by atoms with van der Waals surface area (Å²) in [5.41, 5.74) is 1.29. The Bertz CT molecular complexity index is 1420. The average molecular weight is 583 g/mol. The second-order valence-electron chi connectivity index (χ2n) is 8.29. The minimum atomic E-state index is -4.06. The maximum atomic E-state index is 13.3. The number of amides is 2. The standard InChI is InChI=1S/C25H22Cl3N3O5S/c26-17-1-5-19(6-2-17)30-15-16(13-24(30)33)25(34)29-18-3-8-21(9-4-18)37(35,36)31(11-12-32)20-7-10-22(27)23(28)14-20/h1-10,14,16,32H,11-13,15H2,(H,29,34). The van der Waals surface area contributed by atoms with Crippen molar-refractivity contribution in [2.45, 2.75) is 11.3 Å². The Balaban J connectivity index is 1.47. The molecule has 1 unspecified atom stereocenters. The lowest BCUT2D eigenvalue weighted by Gasteiger charge is -2.24. The Hall–Kier alpha value is -2.82. The molecule has 3 aromatic rings. The summed E-state index contributed by atoms with van der Waals surface area (Å²) in [6, 6.07) is 16.8. The van der Waals surface area contributed by atoms with Crippen molar-refractivity contribution in [1.82, 2.24) is 0 Å². The smallest absolute Gasteiger partial charge is 0.264 e. The van der Waals surface area contributed by atoms with E-state index >= 15 is 0 Å². The summed E-state index contributed by atoms with van der Waals surface area (Å²) in [6.45, 7) is -0.391. The molecule has 1 aliphatic heterocycles. The van der Waals surface area contributed by atoms with Crippen LogP contribution in [0.4, 0.5) is 17.1 Å². The van der Waals surface area contributed by atoms with E-state index in [1.807, 2.05) is 0 Å². The number of aliphatic hydroxyl groups is 1. The number of hydrogen-bond acceptors (Lipinski definition) is 5. The number of hydrogen-bond donors (Lipinski definition) is 2. The summed E-state index contributed by atoms with van der Waals surface area (Å²) >= 11 is 17.9. The molecular weight excluding hydrogens is 561 g/mol. The van der Waals surface area contributed by atoms with E-state index in [2.05, 4.69) is 5.32 Å². The van der Waals surface area contributed by atoms with E-state index in [9.17, 15) is 23.1 Å². The predicted molar refractivity (Wildman–Crippen MR) is 145 cm³/mol. The van der Waals surface area contributed by atoms with E-state index in [1.165, 1.54) is 47.4 Å². The van der Waals surface area contributed by atoms with Crippen molar-refractivity contribution < 1.29 is 23.1 Å². The molecule has 0 saturated carbocycles. The molecule has 1 aliphatic rings. The monoisotopic (exact) mass is 581 g/mol. The number of carbonyl (C=O) groups excluding carboxylic acids is 2. The van der Waals surface area contributed by atoms with Gasteiger partial charge in [0.1, 0.15) is 0 Å². The molecule has 0 bridgehead atoms. The number of halogens is 3. The molecule has 1 atom stereocenters. The second-order valence-corrected chi connectivity index (χ2v) is 11.4. The first-order valence-corrected chi connectivity index (χ1v) is 13.7. The number of nitrogens with one attached hydrogen (secondary N) is 1. The maximum absolute atomic E-state index is 13.3. The number of rotatable bonds is 8. The second kappa shape index (κ2) is 11.3. The zero-order valence-electron chi connectivity index (χ0n) is 19.3. The number of anilines is 3. The molecule has 2 N–H and O–H groups in total. The zero-order chi connectivity index (χ0) is 26.7. The molecule has 1 heterocycles. The van der Waals surface area contributed by atoms with Crippen molar-refractivity contribution in [3.8, 4) is 0 Å². The zero-order valence-corrected chi connectivity index (χ0v) is 22.4. The van der Waals surface area contributed by atoms with Crippen molar-refractivity contribution >= 4 is 73.7 Å². The summed E-state index contributed by atoms with van der Waals surface area (Å²) in [5.74, 6) is -1.09. The Labute approximate surface area is 229 Å². The Morgan fingerprint density at radius 2 is 1.68 bits per heavy atom. The van der Waals surface area contributed by atoms with Crippen molar-refractivity contribution in [2.24, 2.45) is 5.92 Å². The molecule has 1 saturated heterocycles. The molecule has 12 heteroatoms. The number of sulfonamides is 1. The first-order valence-electron chi connectivity index (χ1n) is 11.2. The van der Waals surface area contributed by atoms with Crippen LogP contribution >= 0.6 is 34.8 Å². The molecule has 1 fully saturated rings. The summed E-state index contributed by atoms with van der Waals surface area (Å²) in [4.78, 5) is 26.8. The molecule has 3 aromatic carbocycles. The fourth-order valence-corrected chi connectivity index (χ4v) is 5.82. The van der Waals surface area contributed by atoms with E-state index in [0.717, 1.165) is 4.31 Å². The molecule has 8 nitrogen and oxygen atoms in total. The molecule has 2 amide bonds. The Kier molecular flexibility index (Phi) is 8.30. The van der Waals surface area contributed by atoms with Crippen LogP contribution in [-0.4, -0.2) is 45.0 Å². The highest BCUT2D eigenvalue weighted by Gasteiger charge is 2.35. The quantitative estimate of drug-likeness (QED) is 0.396. The van der Waals surface area contributed by atoms with Gasteiger partial charge in [0.25, 0.3) is 10.0 Å². The average Bonchev–Trinajstić information content (AvgIpc) is 3.27. The number of nitrogens with zero attached hydrogens (tertiary/aromatic N) is 2. The third-order valence-electron chi connectivity index (χ3n) is 5.84. The van der Waals surface area contributed by atoms with Crippen molar-refractivity contribution in [1.29, 1.82) is 0 Å². The van der Waals surface area contributed by atoms with Crippen LogP contribution in [0.5, 0.6) is 0 Å². The lowest BCUT2D eigenvalue weighted by Crippen LogP contribution is -2.33. The van der Waals surface area contributed by atoms with Crippen LogP contribution in [0.1, 0.15) is 6.42 Å². The van der Waals surface area contributed by atoms with Crippen LogP contribution in [0.25, 0.3) is 0 Å². The van der Waals surface area contributed by atoms with E-state index in [1.54, 1.807) is 24.3 Å². The molecule has 0 radical (unpaired) electrons. The Morgan fingerprint density at radius 3 is 2.30 bits per heavy atom. The summed E-state index contributed by atoms with van der Waals surface area (Å²) < 4.78 is 27.6. The highest BCUT2D eigenvalue weighted by Crippen LogP contribution is 2.31. The third kappa shape index (κ3) is 6.02. The molecule has 0 aliphatic carbocycles. The predicted octanol–water partition coefficient (Wildman–Crippen LogP) is 4.83. The molecule has 0 spiro atoms.